The van der Waals surface area contributed by atoms with E-state index in [9.17, 15) is 13.6 Å². The van der Waals surface area contributed by atoms with E-state index in [0.29, 0.717) is 0 Å². The zero-order valence-corrected chi connectivity index (χ0v) is 7.86. The van der Waals surface area contributed by atoms with Gasteiger partial charge in [-0.3, -0.25) is 10.2 Å². The molecule has 0 spiro atoms. The van der Waals surface area contributed by atoms with Crippen molar-refractivity contribution in [3.8, 4) is 0 Å². The Kier molecular flexibility index (Phi) is 2.94. The van der Waals surface area contributed by atoms with Crippen molar-refractivity contribution in [2.45, 2.75) is 0 Å². The van der Waals surface area contributed by atoms with Crippen LogP contribution in [0, 0.1) is 11.6 Å². The first-order chi connectivity index (χ1) is 6.07. The fraction of sp³-hybridized carbons (Fsp3) is 0. The van der Waals surface area contributed by atoms with Gasteiger partial charge in [0.25, 0.3) is 5.91 Å². The summed E-state index contributed by atoms with van der Waals surface area (Å²) in [7, 11) is 0. The van der Waals surface area contributed by atoms with Crippen molar-refractivity contribution in [1.82, 2.24) is 5.43 Å². The number of hydrogen-bond acceptors (Lipinski definition) is 2. The number of hydrazine groups is 1. The number of benzene rings is 1. The number of hydrogen-bond donors (Lipinski definition) is 2. The van der Waals surface area contributed by atoms with Crippen LogP contribution in [0.1, 0.15) is 10.4 Å². The summed E-state index contributed by atoms with van der Waals surface area (Å²) < 4.78 is 25.5. The molecular formula is C7H5BrF2N2O. The van der Waals surface area contributed by atoms with Gasteiger partial charge in [0, 0.05) is 0 Å². The third-order valence-corrected chi connectivity index (χ3v) is 2.18. The fourth-order valence-corrected chi connectivity index (χ4v) is 1.31. The van der Waals surface area contributed by atoms with Gasteiger partial charge in [-0.25, -0.2) is 14.6 Å². The molecule has 0 radical (unpaired) electrons. The topological polar surface area (TPSA) is 55.1 Å². The van der Waals surface area contributed by atoms with Crippen LogP contribution >= 0.6 is 15.9 Å². The van der Waals surface area contributed by atoms with Crippen molar-refractivity contribution in [3.63, 3.8) is 0 Å². The van der Waals surface area contributed by atoms with Gasteiger partial charge in [0.05, 0.1) is 10.0 Å². The van der Waals surface area contributed by atoms with Crippen molar-refractivity contribution in [2.24, 2.45) is 5.84 Å². The van der Waals surface area contributed by atoms with Crippen molar-refractivity contribution < 1.29 is 13.6 Å². The molecule has 13 heavy (non-hydrogen) atoms. The highest BCUT2D eigenvalue weighted by molar-refractivity contribution is 9.10. The van der Waals surface area contributed by atoms with E-state index in [1.165, 1.54) is 0 Å². The average molecular weight is 251 g/mol. The molecule has 1 aromatic carbocycles. The highest BCUT2D eigenvalue weighted by atomic mass is 79.9. The third kappa shape index (κ3) is 1.84. The molecule has 0 unspecified atom stereocenters. The van der Waals surface area contributed by atoms with E-state index in [2.05, 4.69) is 15.9 Å². The first-order valence-corrected chi connectivity index (χ1v) is 4.01. The molecule has 0 fully saturated rings. The van der Waals surface area contributed by atoms with Gasteiger partial charge in [0.15, 0.2) is 0 Å². The molecule has 1 rings (SSSR count). The van der Waals surface area contributed by atoms with Crippen molar-refractivity contribution in [3.05, 3.63) is 33.8 Å². The molecule has 0 saturated carbocycles. The molecule has 0 aliphatic carbocycles. The van der Waals surface area contributed by atoms with Crippen molar-refractivity contribution in [2.75, 3.05) is 0 Å². The van der Waals surface area contributed by atoms with Gasteiger partial charge in [0.2, 0.25) is 0 Å². The number of rotatable bonds is 1. The maximum absolute atomic E-state index is 13.0. The smallest absolute Gasteiger partial charge is 0.269 e. The Hall–Kier alpha value is -1.01. The lowest BCUT2D eigenvalue weighted by Gasteiger charge is -2.04. The first-order valence-electron chi connectivity index (χ1n) is 3.22. The number of carbonyl (C=O) groups is 1. The summed E-state index contributed by atoms with van der Waals surface area (Å²) in [6.45, 7) is 0. The maximum Gasteiger partial charge on any atom is 0.269 e. The van der Waals surface area contributed by atoms with Gasteiger partial charge < -0.3 is 0 Å². The van der Waals surface area contributed by atoms with Gasteiger partial charge in [-0.1, -0.05) is 0 Å². The van der Waals surface area contributed by atoms with Gasteiger partial charge in [-0.05, 0) is 28.1 Å². The number of nitrogens with two attached hydrogens (primary N) is 1. The number of nitrogen functional groups attached to an aromatic ring is 1. The molecular weight excluding hydrogens is 246 g/mol. The molecule has 0 aromatic heterocycles. The van der Waals surface area contributed by atoms with E-state index in [1.807, 2.05) is 0 Å². The molecule has 3 nitrogen and oxygen atoms in total. The summed E-state index contributed by atoms with van der Waals surface area (Å²) in [6, 6.07) is 1.76. The normalized spacial score (nSPS) is 9.85. The lowest BCUT2D eigenvalue weighted by atomic mass is 10.2. The molecule has 3 N–H and O–H groups in total. The lowest BCUT2D eigenvalue weighted by molar-refractivity contribution is 0.0948. The second-order valence-corrected chi connectivity index (χ2v) is 2.98. The number of nitrogens with one attached hydrogen (secondary N) is 1. The quantitative estimate of drug-likeness (QED) is 0.342. The molecule has 0 saturated heterocycles. The van der Waals surface area contributed by atoms with Gasteiger partial charge in [0.1, 0.15) is 11.6 Å². The van der Waals surface area contributed by atoms with Crippen molar-refractivity contribution >= 4 is 21.8 Å². The van der Waals surface area contributed by atoms with Crippen LogP contribution in [0.15, 0.2) is 16.6 Å². The Morgan fingerprint density at radius 2 is 1.92 bits per heavy atom. The van der Waals surface area contributed by atoms with Gasteiger partial charge in [-0.2, -0.15) is 0 Å². The summed E-state index contributed by atoms with van der Waals surface area (Å²) in [4.78, 5) is 10.9. The third-order valence-electron chi connectivity index (χ3n) is 1.40. The van der Waals surface area contributed by atoms with Crippen LogP contribution in [-0.4, -0.2) is 5.91 Å². The summed E-state index contributed by atoms with van der Waals surface area (Å²) >= 11 is 2.74. The molecule has 70 valence electrons. The Balaban J connectivity index is 3.33. The Morgan fingerprint density at radius 3 is 2.46 bits per heavy atom. The zero-order valence-electron chi connectivity index (χ0n) is 6.27. The second kappa shape index (κ2) is 3.80. The molecule has 0 bridgehead atoms. The minimum Gasteiger partial charge on any atom is -0.290 e. The van der Waals surface area contributed by atoms with Crippen LogP contribution in [0.25, 0.3) is 0 Å². The predicted octanol–water partition coefficient (Wildman–Crippen LogP) is 1.33. The molecule has 6 heteroatoms. The van der Waals surface area contributed by atoms with Crippen LogP contribution in [-0.2, 0) is 0 Å². The van der Waals surface area contributed by atoms with Gasteiger partial charge >= 0.3 is 0 Å². The van der Waals surface area contributed by atoms with Gasteiger partial charge in [-0.15, -0.1) is 0 Å². The van der Waals surface area contributed by atoms with Crippen LogP contribution in [0.5, 0.6) is 0 Å². The van der Waals surface area contributed by atoms with E-state index < -0.39 is 23.1 Å². The standard InChI is InChI=1S/C7H5BrF2N2O/c8-6-4(10)2-1-3(9)5(6)7(13)12-11/h1-2H,11H2,(H,12,13). The maximum atomic E-state index is 13.0. The average Bonchev–Trinajstić information content (AvgIpc) is 2.12. The fourth-order valence-electron chi connectivity index (χ4n) is 0.807. The molecule has 1 aromatic rings. The molecule has 0 aliphatic rings. The summed E-state index contributed by atoms with van der Waals surface area (Å²) in [6.07, 6.45) is 0. The summed E-state index contributed by atoms with van der Waals surface area (Å²) in [5.74, 6) is 2.34. The van der Waals surface area contributed by atoms with Crippen LogP contribution in [0.3, 0.4) is 0 Å². The summed E-state index contributed by atoms with van der Waals surface area (Å²) in [5, 5.41) is 0. The SMILES string of the molecule is NNC(=O)c1c(F)ccc(F)c1Br. The molecule has 0 atom stereocenters. The highest BCUT2D eigenvalue weighted by Gasteiger charge is 2.17. The Bertz CT molecular complexity index is 357. The summed E-state index contributed by atoms with van der Waals surface area (Å²) in [5.41, 5.74) is 1.27. The van der Waals surface area contributed by atoms with Crippen molar-refractivity contribution in [1.29, 1.82) is 0 Å². The molecule has 0 heterocycles. The first kappa shape index (κ1) is 10.1. The zero-order chi connectivity index (χ0) is 10.0. The molecule has 0 aliphatic heterocycles. The van der Waals surface area contributed by atoms with Crippen LogP contribution in [0.4, 0.5) is 8.78 Å². The van der Waals surface area contributed by atoms with Crippen LogP contribution in [0.2, 0.25) is 0 Å². The molecule has 1 amide bonds. The number of halogens is 3. The van der Waals surface area contributed by atoms with Crippen LogP contribution < -0.4 is 11.3 Å². The van der Waals surface area contributed by atoms with E-state index in [4.69, 9.17) is 5.84 Å². The Morgan fingerprint density at radius 1 is 1.38 bits per heavy atom. The van der Waals surface area contributed by atoms with E-state index in [0.717, 1.165) is 12.1 Å². The van der Waals surface area contributed by atoms with E-state index in [1.54, 1.807) is 5.43 Å². The highest BCUT2D eigenvalue weighted by Crippen LogP contribution is 2.22. The minimum atomic E-state index is -0.885. The van der Waals surface area contributed by atoms with E-state index in [-0.39, 0.29) is 4.47 Å². The van der Waals surface area contributed by atoms with E-state index >= 15 is 0 Å². The number of carbonyl (C=O) groups excluding carboxylic acids is 1. The number of amides is 1. The lowest BCUT2D eigenvalue weighted by Crippen LogP contribution is -2.31. The largest absolute Gasteiger partial charge is 0.290 e. The predicted molar refractivity (Wildman–Crippen MR) is 45.7 cm³/mol. The minimum absolute atomic E-state index is 0.240. The second-order valence-electron chi connectivity index (χ2n) is 2.19. The Labute approximate surface area is 81.0 Å². The monoisotopic (exact) mass is 250 g/mol.